The molecule has 0 amide bonds. The SMILES string of the molecule is CC(=O)OC/C=C(\C)CC[C@@H](O)[C@]1(C)CCC=C(CCC=C(C)C)C(=O)O1. The molecule has 0 saturated heterocycles. The average molecular weight is 379 g/mol. The van der Waals surface area contributed by atoms with Crippen LogP contribution in [0.4, 0.5) is 0 Å². The highest BCUT2D eigenvalue weighted by Crippen LogP contribution is 2.31. The Kier molecular flexibility index (Phi) is 9.50. The predicted molar refractivity (Wildman–Crippen MR) is 106 cm³/mol. The lowest BCUT2D eigenvalue weighted by Crippen LogP contribution is -2.43. The van der Waals surface area contributed by atoms with Crippen LogP contribution >= 0.6 is 0 Å². The van der Waals surface area contributed by atoms with Crippen LogP contribution in [0.3, 0.4) is 0 Å². The highest BCUT2D eigenvalue weighted by Gasteiger charge is 2.38. The Morgan fingerprint density at radius 1 is 1.33 bits per heavy atom. The summed E-state index contributed by atoms with van der Waals surface area (Å²) in [5.41, 5.74) is 2.07. The van der Waals surface area contributed by atoms with E-state index < -0.39 is 11.7 Å². The van der Waals surface area contributed by atoms with Crippen molar-refractivity contribution in [2.75, 3.05) is 6.61 Å². The van der Waals surface area contributed by atoms with E-state index in [1.165, 1.54) is 12.5 Å². The molecule has 0 aromatic heterocycles. The van der Waals surface area contributed by atoms with Gasteiger partial charge in [0.1, 0.15) is 12.2 Å². The monoisotopic (exact) mass is 378 g/mol. The molecular weight excluding hydrogens is 344 g/mol. The van der Waals surface area contributed by atoms with Gasteiger partial charge in [0.25, 0.3) is 0 Å². The molecule has 0 unspecified atom stereocenters. The maximum absolute atomic E-state index is 12.5. The van der Waals surface area contributed by atoms with E-state index in [0.29, 0.717) is 37.7 Å². The smallest absolute Gasteiger partial charge is 0.334 e. The molecule has 0 bridgehead atoms. The van der Waals surface area contributed by atoms with Crippen LogP contribution in [0.2, 0.25) is 0 Å². The van der Waals surface area contributed by atoms with E-state index in [9.17, 15) is 14.7 Å². The first-order valence-electron chi connectivity index (χ1n) is 9.67. The molecule has 1 aliphatic rings. The van der Waals surface area contributed by atoms with Gasteiger partial charge in [-0.05, 0) is 72.3 Å². The summed E-state index contributed by atoms with van der Waals surface area (Å²) in [6.07, 6.45) is 9.06. The lowest BCUT2D eigenvalue weighted by Gasteiger charge is -2.33. The van der Waals surface area contributed by atoms with Crippen molar-refractivity contribution in [2.45, 2.75) is 84.8 Å². The Hall–Kier alpha value is -1.88. The number of ether oxygens (including phenoxy) is 2. The first-order valence-corrected chi connectivity index (χ1v) is 9.67. The number of aliphatic hydroxyl groups is 1. The summed E-state index contributed by atoms with van der Waals surface area (Å²) in [5.74, 6) is -0.636. The van der Waals surface area contributed by atoms with Crippen molar-refractivity contribution in [2.24, 2.45) is 0 Å². The van der Waals surface area contributed by atoms with Gasteiger partial charge >= 0.3 is 11.9 Å². The third kappa shape index (κ3) is 8.57. The molecule has 0 aromatic rings. The molecule has 2 atom stereocenters. The summed E-state index contributed by atoms with van der Waals surface area (Å²) in [6, 6.07) is 0. The largest absolute Gasteiger partial charge is 0.462 e. The third-order valence-electron chi connectivity index (χ3n) is 4.82. The van der Waals surface area contributed by atoms with Crippen molar-refractivity contribution >= 4 is 11.9 Å². The molecule has 0 aliphatic carbocycles. The molecule has 152 valence electrons. The number of hydrogen-bond acceptors (Lipinski definition) is 5. The molecule has 1 heterocycles. The Labute approximate surface area is 163 Å². The predicted octanol–water partition coefficient (Wildman–Crippen LogP) is 4.41. The van der Waals surface area contributed by atoms with E-state index in [4.69, 9.17) is 9.47 Å². The minimum absolute atomic E-state index is 0.239. The van der Waals surface area contributed by atoms with Gasteiger partial charge in [0.2, 0.25) is 0 Å². The third-order valence-corrected chi connectivity index (χ3v) is 4.82. The fourth-order valence-corrected chi connectivity index (χ4v) is 2.97. The summed E-state index contributed by atoms with van der Waals surface area (Å²) in [5, 5.41) is 10.7. The van der Waals surface area contributed by atoms with Crippen LogP contribution in [-0.2, 0) is 19.1 Å². The Balaban J connectivity index is 2.58. The maximum Gasteiger partial charge on any atom is 0.334 e. The van der Waals surface area contributed by atoms with Gasteiger partial charge in [-0.1, -0.05) is 23.3 Å². The fourth-order valence-electron chi connectivity index (χ4n) is 2.97. The van der Waals surface area contributed by atoms with Crippen molar-refractivity contribution in [1.29, 1.82) is 0 Å². The summed E-state index contributed by atoms with van der Waals surface area (Å²) in [4.78, 5) is 23.3. The first-order chi connectivity index (χ1) is 12.6. The van der Waals surface area contributed by atoms with E-state index in [1.54, 1.807) is 6.92 Å². The van der Waals surface area contributed by atoms with Gasteiger partial charge in [-0.25, -0.2) is 4.79 Å². The van der Waals surface area contributed by atoms with Crippen LogP contribution < -0.4 is 0 Å². The lowest BCUT2D eigenvalue weighted by atomic mass is 9.89. The molecule has 5 nitrogen and oxygen atoms in total. The molecular formula is C22H34O5. The topological polar surface area (TPSA) is 72.8 Å². The summed E-state index contributed by atoms with van der Waals surface area (Å²) in [6.45, 7) is 9.42. The van der Waals surface area contributed by atoms with Crippen LogP contribution in [-0.4, -0.2) is 35.4 Å². The van der Waals surface area contributed by atoms with Crippen LogP contribution in [0.1, 0.15) is 73.1 Å². The maximum atomic E-state index is 12.5. The highest BCUT2D eigenvalue weighted by atomic mass is 16.6. The van der Waals surface area contributed by atoms with Gasteiger partial charge < -0.3 is 14.6 Å². The van der Waals surface area contributed by atoms with Crippen molar-refractivity contribution in [3.05, 3.63) is 34.9 Å². The number of allylic oxidation sites excluding steroid dienone is 4. The minimum Gasteiger partial charge on any atom is -0.462 e. The second-order valence-electron chi connectivity index (χ2n) is 7.70. The van der Waals surface area contributed by atoms with E-state index >= 15 is 0 Å². The van der Waals surface area contributed by atoms with Gasteiger partial charge in [0.05, 0.1) is 6.10 Å². The molecule has 0 fully saturated rings. The van der Waals surface area contributed by atoms with Crippen LogP contribution in [0, 0.1) is 0 Å². The number of esters is 2. The molecule has 0 radical (unpaired) electrons. The van der Waals surface area contributed by atoms with Gasteiger partial charge in [0.15, 0.2) is 0 Å². The van der Waals surface area contributed by atoms with Gasteiger partial charge in [-0.15, -0.1) is 0 Å². The molecule has 1 rings (SSSR count). The number of hydrogen-bond donors (Lipinski definition) is 1. The zero-order valence-electron chi connectivity index (χ0n) is 17.3. The second kappa shape index (κ2) is 11.1. The zero-order valence-corrected chi connectivity index (χ0v) is 17.3. The second-order valence-corrected chi connectivity index (χ2v) is 7.70. The average Bonchev–Trinajstić information content (AvgIpc) is 2.71. The minimum atomic E-state index is -0.887. The van der Waals surface area contributed by atoms with Crippen LogP contribution in [0.5, 0.6) is 0 Å². The van der Waals surface area contributed by atoms with Crippen LogP contribution in [0.25, 0.3) is 0 Å². The molecule has 1 N–H and O–H groups in total. The zero-order chi connectivity index (χ0) is 20.4. The highest BCUT2D eigenvalue weighted by molar-refractivity contribution is 5.89. The number of carbonyl (C=O) groups excluding carboxylic acids is 2. The molecule has 0 aromatic carbocycles. The van der Waals surface area contributed by atoms with Gasteiger partial charge in [0, 0.05) is 12.5 Å². The lowest BCUT2D eigenvalue weighted by molar-refractivity contribution is -0.166. The van der Waals surface area contributed by atoms with Gasteiger partial charge in [-0.2, -0.15) is 0 Å². The number of cyclic esters (lactones) is 1. The van der Waals surface area contributed by atoms with Crippen molar-refractivity contribution in [1.82, 2.24) is 0 Å². The fraction of sp³-hybridized carbons (Fsp3) is 0.636. The molecule has 0 saturated carbocycles. The standard InChI is InChI=1S/C22H34O5/c1-16(2)8-6-9-19-10-7-14-22(5,27-21(19)25)20(24)12-11-17(3)13-15-26-18(4)23/h8,10,13,20,24H,6-7,9,11-12,14-15H2,1-5H3/b17-13+/t20-,22+/m1/s1. The Morgan fingerprint density at radius 2 is 2.04 bits per heavy atom. The summed E-state index contributed by atoms with van der Waals surface area (Å²) >= 11 is 0. The van der Waals surface area contributed by atoms with Crippen molar-refractivity contribution in [3.63, 3.8) is 0 Å². The first kappa shape index (κ1) is 23.2. The molecule has 27 heavy (non-hydrogen) atoms. The number of carbonyl (C=O) groups is 2. The molecule has 1 aliphatic heterocycles. The molecule has 0 spiro atoms. The number of aliphatic hydroxyl groups excluding tert-OH is 1. The quantitative estimate of drug-likeness (QED) is 0.475. The number of rotatable bonds is 9. The summed E-state index contributed by atoms with van der Waals surface area (Å²) in [7, 11) is 0. The van der Waals surface area contributed by atoms with Crippen molar-refractivity contribution in [3.8, 4) is 0 Å². The normalized spacial score (nSPS) is 21.6. The van der Waals surface area contributed by atoms with E-state index in [1.807, 2.05) is 32.9 Å². The molecule has 5 heteroatoms. The van der Waals surface area contributed by atoms with E-state index in [2.05, 4.69) is 6.08 Å². The van der Waals surface area contributed by atoms with Crippen molar-refractivity contribution < 1.29 is 24.2 Å². The van der Waals surface area contributed by atoms with Crippen LogP contribution in [0.15, 0.2) is 34.9 Å². The Morgan fingerprint density at radius 3 is 2.67 bits per heavy atom. The van der Waals surface area contributed by atoms with E-state index in [-0.39, 0.29) is 18.5 Å². The van der Waals surface area contributed by atoms with Gasteiger partial charge in [-0.3, -0.25) is 4.79 Å². The van der Waals surface area contributed by atoms with E-state index in [0.717, 1.165) is 12.0 Å². The summed E-state index contributed by atoms with van der Waals surface area (Å²) < 4.78 is 10.6. The Bertz CT molecular complexity index is 610.